The first-order valence-corrected chi connectivity index (χ1v) is 4.02. The van der Waals surface area contributed by atoms with Gasteiger partial charge in [-0.05, 0) is 6.42 Å². The van der Waals surface area contributed by atoms with Crippen molar-refractivity contribution in [1.29, 1.82) is 0 Å². The number of rotatable bonds is 3. The molecule has 0 fully saturated rings. The quantitative estimate of drug-likeness (QED) is 0.766. The van der Waals surface area contributed by atoms with Crippen molar-refractivity contribution in [2.45, 2.75) is 13.3 Å². The Bertz CT molecular complexity index is 263. The van der Waals surface area contributed by atoms with Crippen LogP contribution in [0.25, 0.3) is 0 Å². The minimum absolute atomic E-state index is 0.392. The van der Waals surface area contributed by atoms with E-state index in [1.807, 2.05) is 6.92 Å². The molecule has 0 aliphatic heterocycles. The Hall–Kier alpha value is -1.65. The van der Waals surface area contributed by atoms with Crippen molar-refractivity contribution in [2.75, 3.05) is 11.9 Å². The van der Waals surface area contributed by atoms with E-state index >= 15 is 0 Å². The Kier molecular flexibility index (Phi) is 3.69. The Labute approximate surface area is 76.2 Å². The molecular formula is C8H11N3O2. The zero-order valence-corrected chi connectivity index (χ0v) is 7.36. The zero-order chi connectivity index (χ0) is 9.52. The van der Waals surface area contributed by atoms with Gasteiger partial charge in [0.1, 0.15) is 0 Å². The van der Waals surface area contributed by atoms with E-state index < -0.39 is 6.09 Å². The SMILES string of the molecule is CCCOC(=O)Nc1cnccn1. The number of carbonyl (C=O) groups is 1. The Balaban J connectivity index is 2.37. The number of nitrogens with zero attached hydrogens (tertiary/aromatic N) is 2. The molecule has 0 atom stereocenters. The van der Waals surface area contributed by atoms with Crippen molar-refractivity contribution in [3.8, 4) is 0 Å². The molecular weight excluding hydrogens is 170 g/mol. The molecule has 1 aromatic rings. The molecule has 0 unspecified atom stereocenters. The molecule has 1 rings (SSSR count). The third-order valence-electron chi connectivity index (χ3n) is 1.23. The minimum atomic E-state index is -0.498. The van der Waals surface area contributed by atoms with E-state index in [9.17, 15) is 4.79 Å². The smallest absolute Gasteiger partial charge is 0.412 e. The molecule has 1 amide bonds. The van der Waals surface area contributed by atoms with Gasteiger partial charge in [-0.15, -0.1) is 0 Å². The maximum Gasteiger partial charge on any atom is 0.412 e. The van der Waals surface area contributed by atoms with E-state index in [1.54, 1.807) is 0 Å². The fourth-order valence-electron chi connectivity index (χ4n) is 0.699. The van der Waals surface area contributed by atoms with Crippen molar-refractivity contribution < 1.29 is 9.53 Å². The molecule has 0 radical (unpaired) electrons. The number of hydrogen-bond donors (Lipinski definition) is 1. The van der Waals surface area contributed by atoms with Crippen LogP contribution in [-0.4, -0.2) is 22.7 Å². The summed E-state index contributed by atoms with van der Waals surface area (Å²) in [7, 11) is 0. The third-order valence-corrected chi connectivity index (χ3v) is 1.23. The number of ether oxygens (including phenoxy) is 1. The minimum Gasteiger partial charge on any atom is -0.449 e. The molecule has 5 nitrogen and oxygen atoms in total. The number of nitrogens with one attached hydrogen (secondary N) is 1. The van der Waals surface area contributed by atoms with Gasteiger partial charge in [-0.25, -0.2) is 9.78 Å². The third kappa shape index (κ3) is 3.50. The van der Waals surface area contributed by atoms with E-state index in [0.29, 0.717) is 12.4 Å². The number of amides is 1. The van der Waals surface area contributed by atoms with Gasteiger partial charge in [-0.3, -0.25) is 10.3 Å². The second-order valence-corrected chi connectivity index (χ2v) is 2.35. The number of hydrogen-bond acceptors (Lipinski definition) is 4. The Morgan fingerprint density at radius 2 is 2.46 bits per heavy atom. The van der Waals surface area contributed by atoms with Crippen LogP contribution in [0.4, 0.5) is 10.6 Å². The van der Waals surface area contributed by atoms with Crippen LogP contribution in [0.1, 0.15) is 13.3 Å². The van der Waals surface area contributed by atoms with E-state index in [4.69, 9.17) is 4.74 Å². The highest BCUT2D eigenvalue weighted by Crippen LogP contribution is 1.97. The van der Waals surface area contributed by atoms with Crippen LogP contribution in [0, 0.1) is 0 Å². The molecule has 1 N–H and O–H groups in total. The summed E-state index contributed by atoms with van der Waals surface area (Å²) in [5, 5.41) is 2.44. The molecule has 0 spiro atoms. The van der Waals surface area contributed by atoms with Crippen molar-refractivity contribution >= 4 is 11.9 Å². The second kappa shape index (κ2) is 5.08. The lowest BCUT2D eigenvalue weighted by atomic mass is 10.5. The van der Waals surface area contributed by atoms with Crippen LogP contribution in [0.2, 0.25) is 0 Å². The number of carbonyl (C=O) groups excluding carboxylic acids is 1. The largest absolute Gasteiger partial charge is 0.449 e. The molecule has 0 saturated heterocycles. The number of anilines is 1. The normalized spacial score (nSPS) is 9.31. The van der Waals surface area contributed by atoms with Gasteiger partial charge in [0.2, 0.25) is 0 Å². The van der Waals surface area contributed by atoms with E-state index in [-0.39, 0.29) is 0 Å². The Morgan fingerprint density at radius 3 is 3.08 bits per heavy atom. The van der Waals surface area contributed by atoms with Gasteiger partial charge in [-0.2, -0.15) is 0 Å². The average molecular weight is 181 g/mol. The van der Waals surface area contributed by atoms with Crippen LogP contribution in [-0.2, 0) is 4.74 Å². The highest BCUT2D eigenvalue weighted by molar-refractivity contribution is 5.82. The lowest BCUT2D eigenvalue weighted by molar-refractivity contribution is 0.161. The van der Waals surface area contributed by atoms with Gasteiger partial charge >= 0.3 is 6.09 Å². The molecule has 5 heteroatoms. The first kappa shape index (κ1) is 9.44. The molecule has 1 aromatic heterocycles. The van der Waals surface area contributed by atoms with Crippen molar-refractivity contribution in [1.82, 2.24) is 9.97 Å². The summed E-state index contributed by atoms with van der Waals surface area (Å²) in [6, 6.07) is 0. The van der Waals surface area contributed by atoms with Crippen LogP contribution in [0.5, 0.6) is 0 Å². The fraction of sp³-hybridized carbons (Fsp3) is 0.375. The van der Waals surface area contributed by atoms with E-state index in [0.717, 1.165) is 6.42 Å². The first-order chi connectivity index (χ1) is 6.33. The molecule has 13 heavy (non-hydrogen) atoms. The summed E-state index contributed by atoms with van der Waals surface area (Å²) < 4.78 is 4.78. The van der Waals surface area contributed by atoms with Crippen molar-refractivity contribution in [3.63, 3.8) is 0 Å². The van der Waals surface area contributed by atoms with Gasteiger partial charge < -0.3 is 4.74 Å². The lowest BCUT2D eigenvalue weighted by Crippen LogP contribution is -2.14. The Morgan fingerprint density at radius 1 is 1.62 bits per heavy atom. The van der Waals surface area contributed by atoms with Crippen LogP contribution < -0.4 is 5.32 Å². The van der Waals surface area contributed by atoms with Gasteiger partial charge in [0, 0.05) is 12.4 Å². The molecule has 70 valence electrons. The van der Waals surface area contributed by atoms with E-state index in [1.165, 1.54) is 18.6 Å². The zero-order valence-electron chi connectivity index (χ0n) is 7.36. The van der Waals surface area contributed by atoms with Crippen molar-refractivity contribution in [2.24, 2.45) is 0 Å². The monoisotopic (exact) mass is 181 g/mol. The van der Waals surface area contributed by atoms with Crippen LogP contribution in [0.15, 0.2) is 18.6 Å². The van der Waals surface area contributed by atoms with Gasteiger partial charge in [0.05, 0.1) is 12.8 Å². The number of aromatic nitrogens is 2. The molecule has 1 heterocycles. The summed E-state index contributed by atoms with van der Waals surface area (Å²) >= 11 is 0. The van der Waals surface area contributed by atoms with Crippen LogP contribution in [0.3, 0.4) is 0 Å². The molecule has 0 aromatic carbocycles. The summed E-state index contributed by atoms with van der Waals surface area (Å²) in [5.41, 5.74) is 0. The molecule has 0 bridgehead atoms. The standard InChI is InChI=1S/C8H11N3O2/c1-2-5-13-8(12)11-7-6-9-3-4-10-7/h3-4,6H,2,5H2,1H3,(H,10,11,12). The maximum atomic E-state index is 11.0. The maximum absolute atomic E-state index is 11.0. The summed E-state index contributed by atoms with van der Waals surface area (Å²) in [5.74, 6) is 0.392. The van der Waals surface area contributed by atoms with Crippen LogP contribution >= 0.6 is 0 Å². The predicted molar refractivity (Wildman–Crippen MR) is 47.3 cm³/mol. The highest BCUT2D eigenvalue weighted by Gasteiger charge is 2.01. The van der Waals surface area contributed by atoms with Gasteiger partial charge in [0.25, 0.3) is 0 Å². The fourth-order valence-corrected chi connectivity index (χ4v) is 0.699. The molecule has 0 aliphatic carbocycles. The topological polar surface area (TPSA) is 64.1 Å². The van der Waals surface area contributed by atoms with Gasteiger partial charge in [0.15, 0.2) is 5.82 Å². The summed E-state index contributed by atoms with van der Waals surface area (Å²) in [4.78, 5) is 18.6. The lowest BCUT2D eigenvalue weighted by Gasteiger charge is -2.03. The average Bonchev–Trinajstić information content (AvgIpc) is 2.16. The predicted octanol–water partition coefficient (Wildman–Crippen LogP) is 1.44. The molecule has 0 aliphatic rings. The summed E-state index contributed by atoms with van der Waals surface area (Å²) in [6.45, 7) is 2.34. The molecule has 0 saturated carbocycles. The first-order valence-electron chi connectivity index (χ1n) is 4.02. The highest BCUT2D eigenvalue weighted by atomic mass is 16.5. The van der Waals surface area contributed by atoms with Crippen molar-refractivity contribution in [3.05, 3.63) is 18.6 Å². The summed E-state index contributed by atoms with van der Waals surface area (Å²) in [6.07, 6.45) is 4.78. The van der Waals surface area contributed by atoms with E-state index in [2.05, 4.69) is 15.3 Å². The second-order valence-electron chi connectivity index (χ2n) is 2.35. The van der Waals surface area contributed by atoms with Gasteiger partial charge in [-0.1, -0.05) is 6.92 Å².